The topological polar surface area (TPSA) is 135 Å². The van der Waals surface area contributed by atoms with Crippen LogP contribution in [0.5, 0.6) is 0 Å². The van der Waals surface area contributed by atoms with Gasteiger partial charge in [0, 0.05) is 12.4 Å². The SMILES string of the molecule is N/C(=N/O)c1ccc(Nc2ncc(-c3ncc(C(F)(F)F)cn3)o2)cn1. The van der Waals surface area contributed by atoms with E-state index < -0.39 is 11.7 Å². The third-order valence-corrected chi connectivity index (χ3v) is 3.09. The molecule has 3 rings (SSSR count). The Morgan fingerprint density at radius 2 is 1.81 bits per heavy atom. The lowest BCUT2D eigenvalue weighted by atomic mass is 10.3. The predicted octanol–water partition coefficient (Wildman–Crippen LogP) is 2.38. The van der Waals surface area contributed by atoms with Gasteiger partial charge in [0.1, 0.15) is 5.69 Å². The molecule has 12 heteroatoms. The number of aromatic nitrogens is 4. The van der Waals surface area contributed by atoms with Gasteiger partial charge in [-0.25, -0.2) is 15.0 Å². The molecule has 0 unspecified atom stereocenters. The predicted molar refractivity (Wildman–Crippen MR) is 82.6 cm³/mol. The summed E-state index contributed by atoms with van der Waals surface area (Å²) < 4.78 is 42.9. The van der Waals surface area contributed by atoms with Gasteiger partial charge in [0.2, 0.25) is 0 Å². The Hall–Kier alpha value is -3.70. The minimum absolute atomic E-state index is 0.0426. The monoisotopic (exact) mass is 365 g/mol. The number of hydrogen-bond donors (Lipinski definition) is 3. The second-order valence-electron chi connectivity index (χ2n) is 4.87. The van der Waals surface area contributed by atoms with Crippen molar-refractivity contribution in [3.05, 3.63) is 48.2 Å². The lowest BCUT2D eigenvalue weighted by molar-refractivity contribution is -0.138. The van der Waals surface area contributed by atoms with E-state index in [0.717, 1.165) is 0 Å². The van der Waals surface area contributed by atoms with Crippen LogP contribution in [0.3, 0.4) is 0 Å². The molecule has 26 heavy (non-hydrogen) atoms. The number of oxime groups is 1. The van der Waals surface area contributed by atoms with Gasteiger partial charge in [0.05, 0.1) is 23.6 Å². The first-order chi connectivity index (χ1) is 12.4. The van der Waals surface area contributed by atoms with E-state index in [4.69, 9.17) is 15.4 Å². The first kappa shape index (κ1) is 17.1. The Morgan fingerprint density at radius 3 is 2.38 bits per heavy atom. The summed E-state index contributed by atoms with van der Waals surface area (Å²) in [6, 6.07) is 3.14. The van der Waals surface area contributed by atoms with Crippen LogP contribution in [0.1, 0.15) is 11.3 Å². The summed E-state index contributed by atoms with van der Waals surface area (Å²) in [5.74, 6) is -0.101. The number of nitrogens with one attached hydrogen (secondary N) is 1. The fourth-order valence-electron chi connectivity index (χ4n) is 1.83. The average Bonchev–Trinajstić information content (AvgIpc) is 3.09. The molecule has 0 saturated heterocycles. The normalized spacial score (nSPS) is 12.2. The highest BCUT2D eigenvalue weighted by molar-refractivity contribution is 5.95. The van der Waals surface area contributed by atoms with Crippen molar-refractivity contribution in [2.45, 2.75) is 6.18 Å². The van der Waals surface area contributed by atoms with Crippen LogP contribution in [-0.4, -0.2) is 31.0 Å². The number of anilines is 2. The van der Waals surface area contributed by atoms with Crippen molar-refractivity contribution in [3.63, 3.8) is 0 Å². The highest BCUT2D eigenvalue weighted by atomic mass is 19.4. The number of amidine groups is 1. The van der Waals surface area contributed by atoms with E-state index >= 15 is 0 Å². The quantitative estimate of drug-likeness (QED) is 0.277. The minimum atomic E-state index is -4.52. The van der Waals surface area contributed by atoms with Crippen molar-refractivity contribution in [1.82, 2.24) is 19.9 Å². The fraction of sp³-hybridized carbons (Fsp3) is 0.0714. The van der Waals surface area contributed by atoms with Crippen molar-refractivity contribution < 1.29 is 22.8 Å². The molecule has 0 aromatic carbocycles. The largest absolute Gasteiger partial charge is 0.420 e. The van der Waals surface area contributed by atoms with Gasteiger partial charge in [0.15, 0.2) is 17.4 Å². The highest BCUT2D eigenvalue weighted by Gasteiger charge is 2.31. The standard InChI is InChI=1S/C14H10F3N7O2/c15-14(16,17)7-3-20-12(21-4-7)10-6-22-13(26-10)23-8-1-2-9(19-5-8)11(18)24-25/h1-6,25H,(H2,18,24)(H,22,23). The van der Waals surface area contributed by atoms with Gasteiger partial charge in [-0.1, -0.05) is 5.16 Å². The summed E-state index contributed by atoms with van der Waals surface area (Å²) in [7, 11) is 0. The summed E-state index contributed by atoms with van der Waals surface area (Å²) in [4.78, 5) is 15.1. The Labute approximate surface area is 143 Å². The molecule has 0 aliphatic carbocycles. The zero-order valence-corrected chi connectivity index (χ0v) is 12.8. The van der Waals surface area contributed by atoms with Gasteiger partial charge in [-0.2, -0.15) is 13.2 Å². The maximum absolute atomic E-state index is 12.5. The van der Waals surface area contributed by atoms with Crippen molar-refractivity contribution >= 4 is 17.5 Å². The highest BCUT2D eigenvalue weighted by Crippen LogP contribution is 2.29. The zero-order chi connectivity index (χ0) is 18.7. The second-order valence-corrected chi connectivity index (χ2v) is 4.87. The number of nitrogens with two attached hydrogens (primary N) is 1. The zero-order valence-electron chi connectivity index (χ0n) is 12.8. The van der Waals surface area contributed by atoms with E-state index in [2.05, 4.69) is 30.4 Å². The van der Waals surface area contributed by atoms with Gasteiger partial charge in [-0.05, 0) is 12.1 Å². The van der Waals surface area contributed by atoms with Gasteiger partial charge in [-0.3, -0.25) is 4.98 Å². The number of hydrogen-bond acceptors (Lipinski definition) is 8. The number of pyridine rings is 1. The van der Waals surface area contributed by atoms with Crippen molar-refractivity contribution in [1.29, 1.82) is 0 Å². The summed E-state index contributed by atoms with van der Waals surface area (Å²) in [5, 5.41) is 14.2. The van der Waals surface area contributed by atoms with Crippen LogP contribution in [0, 0.1) is 0 Å². The van der Waals surface area contributed by atoms with Crippen LogP contribution in [0.25, 0.3) is 11.6 Å². The third kappa shape index (κ3) is 3.68. The molecule has 9 nitrogen and oxygen atoms in total. The lowest BCUT2D eigenvalue weighted by Gasteiger charge is -2.05. The molecule has 0 atom stereocenters. The minimum Gasteiger partial charge on any atom is -0.420 e. The van der Waals surface area contributed by atoms with Gasteiger partial charge >= 0.3 is 6.18 Å². The first-order valence-corrected chi connectivity index (χ1v) is 6.93. The Balaban J connectivity index is 1.74. The maximum Gasteiger partial charge on any atom is 0.419 e. The molecule has 0 aliphatic rings. The number of rotatable bonds is 4. The molecule has 0 aliphatic heterocycles. The summed E-state index contributed by atoms with van der Waals surface area (Å²) in [6.45, 7) is 0. The summed E-state index contributed by atoms with van der Waals surface area (Å²) >= 11 is 0. The molecule has 0 amide bonds. The number of alkyl halides is 3. The number of halogens is 3. The maximum atomic E-state index is 12.5. The van der Waals surface area contributed by atoms with Crippen molar-refractivity contribution in [2.75, 3.05) is 5.32 Å². The molecule has 0 saturated carbocycles. The average molecular weight is 365 g/mol. The molecule has 0 bridgehead atoms. The van der Waals surface area contributed by atoms with E-state index in [1.807, 2.05) is 0 Å². The molecule has 134 valence electrons. The van der Waals surface area contributed by atoms with E-state index in [1.54, 1.807) is 6.07 Å². The van der Waals surface area contributed by atoms with Gasteiger partial charge < -0.3 is 20.7 Å². The van der Waals surface area contributed by atoms with Crippen LogP contribution in [0.4, 0.5) is 24.9 Å². The first-order valence-electron chi connectivity index (χ1n) is 6.93. The number of oxazole rings is 1. The van der Waals surface area contributed by atoms with Crippen LogP contribution < -0.4 is 11.1 Å². The van der Waals surface area contributed by atoms with Crippen molar-refractivity contribution in [3.8, 4) is 11.6 Å². The molecule has 3 aromatic heterocycles. The molecular weight excluding hydrogens is 355 g/mol. The molecule has 0 spiro atoms. The molecule has 3 heterocycles. The summed E-state index contributed by atoms with van der Waals surface area (Å²) in [6.07, 6.45) is -0.535. The van der Waals surface area contributed by atoms with E-state index in [-0.39, 0.29) is 29.1 Å². The molecule has 4 N–H and O–H groups in total. The third-order valence-electron chi connectivity index (χ3n) is 3.09. The van der Waals surface area contributed by atoms with Gasteiger partial charge in [-0.15, -0.1) is 0 Å². The Morgan fingerprint density at radius 1 is 1.08 bits per heavy atom. The second kappa shape index (κ2) is 6.66. The van der Waals surface area contributed by atoms with Crippen LogP contribution >= 0.6 is 0 Å². The molecule has 3 aromatic rings. The van der Waals surface area contributed by atoms with E-state index in [0.29, 0.717) is 18.1 Å². The van der Waals surface area contributed by atoms with Crippen LogP contribution in [0.15, 0.2) is 46.5 Å². The molecule has 0 radical (unpaired) electrons. The Bertz CT molecular complexity index is 921. The fourth-order valence-corrected chi connectivity index (χ4v) is 1.83. The molecule has 0 fully saturated rings. The van der Waals surface area contributed by atoms with E-state index in [1.165, 1.54) is 18.5 Å². The van der Waals surface area contributed by atoms with Crippen molar-refractivity contribution in [2.24, 2.45) is 10.9 Å². The molecular formula is C14H10F3N7O2. The Kier molecular flexibility index (Phi) is 4.39. The lowest BCUT2D eigenvalue weighted by Crippen LogP contribution is -2.14. The van der Waals surface area contributed by atoms with Gasteiger partial charge in [0.25, 0.3) is 6.01 Å². The van der Waals surface area contributed by atoms with E-state index in [9.17, 15) is 13.2 Å². The summed E-state index contributed by atoms with van der Waals surface area (Å²) in [5.41, 5.74) is 5.20. The van der Waals surface area contributed by atoms with Crippen LogP contribution in [-0.2, 0) is 6.18 Å². The number of nitrogens with zero attached hydrogens (tertiary/aromatic N) is 5. The van der Waals surface area contributed by atoms with Crippen LogP contribution in [0.2, 0.25) is 0 Å². The smallest absolute Gasteiger partial charge is 0.419 e.